The lowest BCUT2D eigenvalue weighted by Crippen LogP contribution is -2.51. The Morgan fingerprint density at radius 2 is 1.87 bits per heavy atom. The SMILES string of the molecule is COC(=O)[C@@H]1CCCCCOC[C@H](NC(=O)[C@@H](N)CCCCNC(=O)OC(C)(C)C)C(=O)C[C@@H](C)C(=O)N1. The largest absolute Gasteiger partial charge is 0.467 e. The Bertz CT molecular complexity index is 799. The van der Waals surface area contributed by atoms with Crippen LogP contribution in [0.25, 0.3) is 0 Å². The number of unbranched alkanes of at least 4 members (excludes halogenated alkanes) is 1. The summed E-state index contributed by atoms with van der Waals surface area (Å²) in [5, 5.41) is 8.00. The van der Waals surface area contributed by atoms with Crippen molar-refractivity contribution in [3.8, 4) is 0 Å². The van der Waals surface area contributed by atoms with Crippen LogP contribution in [0.1, 0.15) is 79.1 Å². The number of esters is 1. The van der Waals surface area contributed by atoms with Gasteiger partial charge in [0.1, 0.15) is 17.7 Å². The fourth-order valence-corrected chi connectivity index (χ4v) is 3.79. The molecule has 1 heterocycles. The number of amides is 3. The number of alkyl carbamates (subject to hydrolysis) is 1. The van der Waals surface area contributed by atoms with E-state index in [4.69, 9.17) is 19.9 Å². The summed E-state index contributed by atoms with van der Waals surface area (Å²) in [6.07, 6.45) is 3.49. The second-order valence-electron chi connectivity index (χ2n) is 10.7. The monoisotopic (exact) mass is 542 g/mol. The lowest BCUT2D eigenvalue weighted by Gasteiger charge is -2.23. The molecule has 0 spiro atoms. The molecule has 1 saturated heterocycles. The van der Waals surface area contributed by atoms with Crippen molar-refractivity contribution < 1.29 is 38.2 Å². The summed E-state index contributed by atoms with van der Waals surface area (Å²) in [4.78, 5) is 62.0. The van der Waals surface area contributed by atoms with E-state index in [1.54, 1.807) is 27.7 Å². The van der Waals surface area contributed by atoms with Gasteiger partial charge in [-0.05, 0) is 52.9 Å². The van der Waals surface area contributed by atoms with Crippen molar-refractivity contribution in [2.24, 2.45) is 11.7 Å². The third-order valence-electron chi connectivity index (χ3n) is 5.98. The smallest absolute Gasteiger partial charge is 0.407 e. The average molecular weight is 543 g/mol. The zero-order valence-electron chi connectivity index (χ0n) is 23.4. The molecule has 12 heteroatoms. The molecule has 0 unspecified atom stereocenters. The normalized spacial score (nSPS) is 22.8. The van der Waals surface area contributed by atoms with E-state index in [1.807, 2.05) is 0 Å². The highest BCUT2D eigenvalue weighted by Crippen LogP contribution is 2.12. The molecule has 12 nitrogen and oxygen atoms in total. The standard InChI is InChI=1S/C26H46N4O8/c1-17-15-21(31)20(16-37-14-10-6-7-12-19(24(34)36-5)29-22(17)32)30-23(33)18(27)11-8-9-13-28-25(35)38-26(2,3)4/h17-20H,6-16,27H2,1-5H3,(H,28,35)(H,29,32)(H,30,33)/t17-,18+,19+,20+/m1/s1. The van der Waals surface area contributed by atoms with Crippen LogP contribution >= 0.6 is 0 Å². The van der Waals surface area contributed by atoms with Crippen LogP contribution < -0.4 is 21.7 Å². The Kier molecular flexibility index (Phi) is 14.9. The van der Waals surface area contributed by atoms with E-state index in [1.165, 1.54) is 7.11 Å². The summed E-state index contributed by atoms with van der Waals surface area (Å²) in [6, 6.07) is -2.57. The Morgan fingerprint density at radius 3 is 2.53 bits per heavy atom. The Hall–Kier alpha value is -2.73. The van der Waals surface area contributed by atoms with Crippen LogP contribution in [0.15, 0.2) is 0 Å². The van der Waals surface area contributed by atoms with E-state index in [-0.39, 0.29) is 18.8 Å². The maximum absolute atomic E-state index is 13.0. The van der Waals surface area contributed by atoms with Crippen LogP contribution in [0.4, 0.5) is 4.79 Å². The highest BCUT2D eigenvalue weighted by Gasteiger charge is 2.29. The maximum atomic E-state index is 13.0. The third kappa shape index (κ3) is 13.7. The summed E-state index contributed by atoms with van der Waals surface area (Å²) in [5.74, 6) is -2.53. The Labute approximate surface area is 225 Å². The first kappa shape index (κ1) is 33.3. The Balaban J connectivity index is 2.62. The number of carbonyl (C=O) groups excluding carboxylic acids is 5. The number of rotatable bonds is 8. The molecule has 3 amide bonds. The van der Waals surface area contributed by atoms with Crippen LogP contribution in [0.5, 0.6) is 0 Å². The molecule has 1 fully saturated rings. The number of methoxy groups -OCH3 is 1. The fraction of sp³-hybridized carbons (Fsp3) is 0.808. The summed E-state index contributed by atoms with van der Waals surface area (Å²) in [7, 11) is 1.26. The predicted octanol–water partition coefficient (Wildman–Crippen LogP) is 1.34. The first-order valence-electron chi connectivity index (χ1n) is 13.4. The van der Waals surface area contributed by atoms with Gasteiger partial charge in [-0.3, -0.25) is 14.4 Å². The van der Waals surface area contributed by atoms with Gasteiger partial charge in [0.25, 0.3) is 0 Å². The van der Waals surface area contributed by atoms with Crippen molar-refractivity contribution in [2.75, 3.05) is 26.9 Å². The maximum Gasteiger partial charge on any atom is 0.407 e. The molecule has 0 aromatic carbocycles. The molecule has 1 aliphatic rings. The van der Waals surface area contributed by atoms with E-state index in [0.717, 1.165) is 6.42 Å². The van der Waals surface area contributed by atoms with Gasteiger partial charge in [-0.1, -0.05) is 19.8 Å². The van der Waals surface area contributed by atoms with Gasteiger partial charge >= 0.3 is 12.1 Å². The second kappa shape index (κ2) is 17.0. The van der Waals surface area contributed by atoms with Crippen molar-refractivity contribution >= 4 is 29.7 Å². The molecule has 0 radical (unpaired) electrons. The van der Waals surface area contributed by atoms with Gasteiger partial charge in [-0.25, -0.2) is 9.59 Å². The van der Waals surface area contributed by atoms with Crippen LogP contribution in [-0.2, 0) is 33.4 Å². The van der Waals surface area contributed by atoms with Gasteiger partial charge in [-0.2, -0.15) is 0 Å². The topological polar surface area (TPSA) is 175 Å². The Morgan fingerprint density at radius 1 is 1.16 bits per heavy atom. The van der Waals surface area contributed by atoms with Crippen molar-refractivity contribution in [1.29, 1.82) is 0 Å². The molecule has 1 rings (SSSR count). The number of ketones is 1. The van der Waals surface area contributed by atoms with Crippen LogP contribution in [0, 0.1) is 5.92 Å². The first-order chi connectivity index (χ1) is 17.8. The van der Waals surface area contributed by atoms with Gasteiger partial charge in [0.05, 0.1) is 19.8 Å². The van der Waals surface area contributed by atoms with Gasteiger partial charge < -0.3 is 35.9 Å². The van der Waals surface area contributed by atoms with E-state index in [9.17, 15) is 24.0 Å². The number of carbonyl (C=O) groups is 5. The summed E-state index contributed by atoms with van der Waals surface area (Å²) in [5.41, 5.74) is 5.46. The number of nitrogens with two attached hydrogens (primary N) is 1. The number of hydrogen-bond donors (Lipinski definition) is 4. The first-order valence-corrected chi connectivity index (χ1v) is 13.4. The summed E-state index contributed by atoms with van der Waals surface area (Å²) in [6.45, 7) is 7.68. The lowest BCUT2D eigenvalue weighted by atomic mass is 9.98. The highest BCUT2D eigenvalue weighted by molar-refractivity contribution is 5.94. The van der Waals surface area contributed by atoms with Crippen LogP contribution in [0.2, 0.25) is 0 Å². The average Bonchev–Trinajstić information content (AvgIpc) is 2.83. The van der Waals surface area contributed by atoms with Gasteiger partial charge in [0.15, 0.2) is 5.78 Å². The highest BCUT2D eigenvalue weighted by atomic mass is 16.6. The molecule has 0 aliphatic carbocycles. The van der Waals surface area contributed by atoms with Crippen molar-refractivity contribution in [3.05, 3.63) is 0 Å². The van der Waals surface area contributed by atoms with Crippen molar-refractivity contribution in [1.82, 2.24) is 16.0 Å². The van der Waals surface area contributed by atoms with Crippen molar-refractivity contribution in [2.45, 2.75) is 103 Å². The van der Waals surface area contributed by atoms with Gasteiger partial charge in [0, 0.05) is 25.5 Å². The number of hydrogen-bond acceptors (Lipinski definition) is 9. The molecule has 1 aliphatic heterocycles. The second-order valence-corrected chi connectivity index (χ2v) is 10.7. The minimum atomic E-state index is -0.947. The number of nitrogens with one attached hydrogen (secondary N) is 3. The minimum Gasteiger partial charge on any atom is -0.467 e. The molecule has 0 aromatic rings. The molecule has 0 saturated carbocycles. The minimum absolute atomic E-state index is 0.0176. The molecule has 0 bridgehead atoms. The predicted molar refractivity (Wildman–Crippen MR) is 140 cm³/mol. The van der Waals surface area contributed by atoms with Crippen molar-refractivity contribution in [3.63, 3.8) is 0 Å². The molecule has 38 heavy (non-hydrogen) atoms. The molecular formula is C26H46N4O8. The quantitative estimate of drug-likeness (QED) is 0.260. The zero-order valence-corrected chi connectivity index (χ0v) is 23.4. The van der Waals surface area contributed by atoms with E-state index < -0.39 is 53.5 Å². The van der Waals surface area contributed by atoms with Gasteiger partial charge in [-0.15, -0.1) is 0 Å². The van der Waals surface area contributed by atoms with Gasteiger partial charge in [0.2, 0.25) is 11.8 Å². The fourth-order valence-electron chi connectivity index (χ4n) is 3.79. The molecule has 4 atom stereocenters. The third-order valence-corrected chi connectivity index (χ3v) is 5.98. The molecule has 0 aromatic heterocycles. The molecular weight excluding hydrogens is 496 g/mol. The molecule has 218 valence electrons. The summed E-state index contributed by atoms with van der Waals surface area (Å²) < 4.78 is 15.6. The van der Waals surface area contributed by atoms with E-state index >= 15 is 0 Å². The number of ether oxygens (including phenoxy) is 3. The van der Waals surface area contributed by atoms with Crippen LogP contribution in [0.3, 0.4) is 0 Å². The van der Waals surface area contributed by atoms with E-state index in [2.05, 4.69) is 16.0 Å². The zero-order chi connectivity index (χ0) is 28.7. The lowest BCUT2D eigenvalue weighted by molar-refractivity contribution is -0.146. The summed E-state index contributed by atoms with van der Waals surface area (Å²) >= 11 is 0. The van der Waals surface area contributed by atoms with E-state index in [0.29, 0.717) is 51.7 Å². The molecule has 5 N–H and O–H groups in total. The van der Waals surface area contributed by atoms with Crippen LogP contribution in [-0.4, -0.2) is 80.3 Å². The number of Topliss-reactive ketones (excluding diaryl/α,β-unsaturated/α-hetero) is 1.